The maximum Gasteiger partial charge on any atom is 0.122 e. The molecule has 0 aliphatic heterocycles. The molecule has 0 saturated heterocycles. The van der Waals surface area contributed by atoms with Crippen molar-refractivity contribution in [3.05, 3.63) is 24.2 Å². The van der Waals surface area contributed by atoms with E-state index in [4.69, 9.17) is 10.2 Å². The Morgan fingerprint density at radius 2 is 1.60 bits per heavy atom. The molecule has 0 bridgehead atoms. The molecule has 1 rings (SSSR count). The standard InChI is InChI=1S/C17H32N2O/c1-13(2)8-10-19(11-9-14(3)4)17(15(5)18)16-7-6-12-20-16/h6-7,12-15,17H,8-11,18H2,1-5H3. The fourth-order valence-corrected chi connectivity index (χ4v) is 2.47. The smallest absolute Gasteiger partial charge is 0.122 e. The molecular formula is C17H32N2O. The van der Waals surface area contributed by atoms with E-state index in [1.165, 1.54) is 12.8 Å². The predicted octanol–water partition coefficient (Wildman–Crippen LogP) is 4.06. The molecule has 0 spiro atoms. The second kappa shape index (κ2) is 8.48. The van der Waals surface area contributed by atoms with Crippen molar-refractivity contribution in [1.82, 2.24) is 4.90 Å². The van der Waals surface area contributed by atoms with Crippen LogP contribution in [-0.4, -0.2) is 24.0 Å². The molecule has 3 nitrogen and oxygen atoms in total. The van der Waals surface area contributed by atoms with Gasteiger partial charge in [-0.1, -0.05) is 27.7 Å². The van der Waals surface area contributed by atoms with Gasteiger partial charge < -0.3 is 10.2 Å². The Bertz CT molecular complexity index is 332. The molecule has 1 aromatic heterocycles. The average molecular weight is 280 g/mol. The first kappa shape index (κ1) is 17.3. The van der Waals surface area contributed by atoms with Crippen molar-refractivity contribution >= 4 is 0 Å². The first-order chi connectivity index (χ1) is 9.41. The van der Waals surface area contributed by atoms with Gasteiger partial charge in [-0.15, -0.1) is 0 Å². The Hall–Kier alpha value is -0.800. The summed E-state index contributed by atoms with van der Waals surface area (Å²) in [4.78, 5) is 2.50. The van der Waals surface area contributed by atoms with Gasteiger partial charge >= 0.3 is 0 Å². The highest BCUT2D eigenvalue weighted by atomic mass is 16.3. The lowest BCUT2D eigenvalue weighted by Crippen LogP contribution is -2.41. The summed E-state index contributed by atoms with van der Waals surface area (Å²) in [7, 11) is 0. The molecule has 3 heteroatoms. The van der Waals surface area contributed by atoms with Crippen LogP contribution >= 0.6 is 0 Å². The van der Waals surface area contributed by atoms with E-state index < -0.39 is 0 Å². The zero-order valence-corrected chi connectivity index (χ0v) is 13.8. The van der Waals surface area contributed by atoms with Crippen LogP contribution in [0.5, 0.6) is 0 Å². The summed E-state index contributed by atoms with van der Waals surface area (Å²) < 4.78 is 5.63. The fourth-order valence-electron chi connectivity index (χ4n) is 2.47. The Morgan fingerprint density at radius 1 is 1.05 bits per heavy atom. The van der Waals surface area contributed by atoms with Crippen molar-refractivity contribution in [2.75, 3.05) is 13.1 Å². The molecule has 0 aliphatic carbocycles. The lowest BCUT2D eigenvalue weighted by atomic mass is 10.0. The van der Waals surface area contributed by atoms with Crippen LogP contribution in [0.3, 0.4) is 0 Å². The van der Waals surface area contributed by atoms with E-state index >= 15 is 0 Å². The first-order valence-electron chi connectivity index (χ1n) is 7.94. The van der Waals surface area contributed by atoms with Gasteiger partial charge in [-0.05, 0) is 56.8 Å². The van der Waals surface area contributed by atoms with E-state index in [9.17, 15) is 0 Å². The molecule has 0 aromatic carbocycles. The van der Waals surface area contributed by atoms with Crippen molar-refractivity contribution in [2.24, 2.45) is 17.6 Å². The SMILES string of the molecule is CC(C)CCN(CCC(C)C)C(c1ccco1)C(C)N. The maximum absolute atomic E-state index is 6.24. The van der Waals surface area contributed by atoms with Gasteiger partial charge in [-0.3, -0.25) is 4.90 Å². The van der Waals surface area contributed by atoms with Gasteiger partial charge in [0.15, 0.2) is 0 Å². The van der Waals surface area contributed by atoms with Gasteiger partial charge in [0.1, 0.15) is 5.76 Å². The van der Waals surface area contributed by atoms with Crippen molar-refractivity contribution in [3.8, 4) is 0 Å². The Balaban J connectivity index is 2.80. The van der Waals surface area contributed by atoms with Gasteiger partial charge in [0.2, 0.25) is 0 Å². The predicted molar refractivity (Wildman–Crippen MR) is 85.6 cm³/mol. The Labute approximate surface area is 124 Å². The second-order valence-electron chi connectivity index (χ2n) is 6.72. The van der Waals surface area contributed by atoms with E-state index in [2.05, 4.69) is 39.5 Å². The molecule has 2 N–H and O–H groups in total. The van der Waals surface area contributed by atoms with Crippen molar-refractivity contribution in [2.45, 2.75) is 59.5 Å². The van der Waals surface area contributed by atoms with E-state index in [0.717, 1.165) is 18.8 Å². The maximum atomic E-state index is 6.24. The van der Waals surface area contributed by atoms with Crippen molar-refractivity contribution < 1.29 is 4.42 Å². The molecule has 116 valence electrons. The summed E-state index contributed by atoms with van der Waals surface area (Å²) in [5, 5.41) is 0. The summed E-state index contributed by atoms with van der Waals surface area (Å²) in [6.45, 7) is 13.3. The van der Waals surface area contributed by atoms with Crippen LogP contribution in [0.1, 0.15) is 59.3 Å². The third-order valence-electron chi connectivity index (χ3n) is 3.71. The Kier molecular flexibility index (Phi) is 7.31. The van der Waals surface area contributed by atoms with Crippen LogP contribution in [0.15, 0.2) is 22.8 Å². The van der Waals surface area contributed by atoms with Gasteiger partial charge in [-0.25, -0.2) is 0 Å². The summed E-state index contributed by atoms with van der Waals surface area (Å²) in [5.74, 6) is 2.41. The molecule has 0 amide bonds. The van der Waals surface area contributed by atoms with Crippen LogP contribution in [0.4, 0.5) is 0 Å². The molecule has 20 heavy (non-hydrogen) atoms. The second-order valence-corrected chi connectivity index (χ2v) is 6.72. The topological polar surface area (TPSA) is 42.4 Å². The molecule has 0 radical (unpaired) electrons. The minimum atomic E-state index is 0.0699. The van der Waals surface area contributed by atoms with Crippen LogP contribution < -0.4 is 5.73 Å². The molecule has 2 unspecified atom stereocenters. The quantitative estimate of drug-likeness (QED) is 0.741. The van der Waals surface area contributed by atoms with Gasteiger partial charge in [0.05, 0.1) is 12.3 Å². The number of nitrogens with zero attached hydrogens (tertiary/aromatic N) is 1. The first-order valence-corrected chi connectivity index (χ1v) is 7.94. The molecule has 0 fully saturated rings. The molecular weight excluding hydrogens is 248 g/mol. The summed E-state index contributed by atoms with van der Waals surface area (Å²) in [6, 6.07) is 4.25. The zero-order chi connectivity index (χ0) is 15.1. The normalized spacial score (nSPS) is 15.2. The Morgan fingerprint density at radius 3 is 1.95 bits per heavy atom. The lowest BCUT2D eigenvalue weighted by molar-refractivity contribution is 0.140. The molecule has 0 aliphatic rings. The molecule has 1 aromatic rings. The fraction of sp³-hybridized carbons (Fsp3) is 0.765. The van der Waals surface area contributed by atoms with Crippen molar-refractivity contribution in [1.29, 1.82) is 0 Å². The number of nitrogens with two attached hydrogens (primary N) is 1. The number of hydrogen-bond acceptors (Lipinski definition) is 3. The van der Waals surface area contributed by atoms with Crippen LogP contribution in [0.25, 0.3) is 0 Å². The largest absolute Gasteiger partial charge is 0.468 e. The molecule has 2 atom stereocenters. The lowest BCUT2D eigenvalue weighted by Gasteiger charge is -2.34. The minimum Gasteiger partial charge on any atom is -0.468 e. The molecule has 0 saturated carbocycles. The van der Waals surface area contributed by atoms with Crippen molar-refractivity contribution in [3.63, 3.8) is 0 Å². The highest BCUT2D eigenvalue weighted by Gasteiger charge is 2.26. The van der Waals surface area contributed by atoms with Gasteiger partial charge in [-0.2, -0.15) is 0 Å². The highest BCUT2D eigenvalue weighted by Crippen LogP contribution is 2.25. The summed E-state index contributed by atoms with van der Waals surface area (Å²) >= 11 is 0. The van der Waals surface area contributed by atoms with E-state index in [-0.39, 0.29) is 12.1 Å². The molecule has 1 heterocycles. The van der Waals surface area contributed by atoms with E-state index in [1.807, 2.05) is 12.1 Å². The van der Waals surface area contributed by atoms with E-state index in [0.29, 0.717) is 11.8 Å². The minimum absolute atomic E-state index is 0.0699. The van der Waals surface area contributed by atoms with Gasteiger partial charge in [0.25, 0.3) is 0 Å². The third-order valence-corrected chi connectivity index (χ3v) is 3.71. The zero-order valence-electron chi connectivity index (χ0n) is 13.8. The number of furan rings is 1. The monoisotopic (exact) mass is 280 g/mol. The van der Waals surface area contributed by atoms with Crippen LogP contribution in [0.2, 0.25) is 0 Å². The average Bonchev–Trinajstić information content (AvgIpc) is 2.84. The number of rotatable bonds is 9. The number of hydrogen-bond donors (Lipinski definition) is 1. The summed E-state index contributed by atoms with van der Waals surface area (Å²) in [5.41, 5.74) is 6.24. The van der Waals surface area contributed by atoms with E-state index in [1.54, 1.807) is 6.26 Å². The third kappa shape index (κ3) is 5.68. The summed E-state index contributed by atoms with van der Waals surface area (Å²) in [6.07, 6.45) is 4.14. The highest BCUT2D eigenvalue weighted by molar-refractivity contribution is 5.07. The van der Waals surface area contributed by atoms with Gasteiger partial charge in [0, 0.05) is 6.04 Å². The van der Waals surface area contributed by atoms with Crippen LogP contribution in [0, 0.1) is 11.8 Å². The van der Waals surface area contributed by atoms with Crippen LogP contribution in [-0.2, 0) is 0 Å².